The van der Waals surface area contributed by atoms with Crippen molar-refractivity contribution in [2.75, 3.05) is 0 Å². The van der Waals surface area contributed by atoms with Crippen molar-refractivity contribution in [1.82, 2.24) is 9.13 Å². The van der Waals surface area contributed by atoms with Crippen molar-refractivity contribution in [3.63, 3.8) is 0 Å². The first-order valence-electron chi connectivity index (χ1n) is 16.3. The molecule has 5 heteroatoms. The fourth-order valence-electron chi connectivity index (χ4n) is 7.45. The Labute approximate surface area is 287 Å². The number of benzene rings is 7. The van der Waals surface area contributed by atoms with E-state index < -0.39 is 0 Å². The van der Waals surface area contributed by atoms with E-state index in [1.807, 2.05) is 72.8 Å². The number of nitriles is 3. The summed E-state index contributed by atoms with van der Waals surface area (Å²) in [6.07, 6.45) is 0. The fourth-order valence-corrected chi connectivity index (χ4v) is 7.45. The van der Waals surface area contributed by atoms with Gasteiger partial charge in [0, 0.05) is 32.8 Å². The highest BCUT2D eigenvalue weighted by Gasteiger charge is 2.19. The summed E-state index contributed by atoms with van der Waals surface area (Å²) < 4.78 is 4.46. The van der Waals surface area contributed by atoms with Crippen LogP contribution in [0.4, 0.5) is 0 Å². The molecular weight excluding hydrogens is 611 g/mol. The monoisotopic (exact) mass is 635 g/mol. The first-order chi connectivity index (χ1) is 24.7. The van der Waals surface area contributed by atoms with Crippen LogP contribution in [0.5, 0.6) is 0 Å². The van der Waals surface area contributed by atoms with Gasteiger partial charge in [-0.2, -0.15) is 15.8 Å². The minimum Gasteiger partial charge on any atom is -0.309 e. The Hall–Kier alpha value is -7.39. The van der Waals surface area contributed by atoms with Gasteiger partial charge in [-0.3, -0.25) is 0 Å². The van der Waals surface area contributed by atoms with Crippen molar-refractivity contribution >= 4 is 43.6 Å². The van der Waals surface area contributed by atoms with E-state index >= 15 is 0 Å². The SMILES string of the molecule is N#Cc1cc(-c2ccccc2-c2ccccc2-n2c3ccc(C#N)cc3c3cc(C#N)ccc32)cc(-n2c3ccccc3c3ccccc32)c1. The summed E-state index contributed by atoms with van der Waals surface area (Å²) in [5, 5.41) is 33.9. The molecule has 0 spiro atoms. The number of hydrogen-bond acceptors (Lipinski definition) is 3. The molecule has 0 bridgehead atoms. The van der Waals surface area contributed by atoms with Gasteiger partial charge in [-0.25, -0.2) is 0 Å². The standard InChI is InChI=1S/C45H25N5/c46-26-29-17-19-44-39(23-29)40-24-30(27-47)18-20-45(40)50(44)43-16-8-3-11-36(43)35-10-2-1-9-34(35)32-21-31(28-48)22-33(25-32)49-41-14-6-4-12-37(41)38-13-5-7-15-42(38)49/h1-25H. The summed E-state index contributed by atoms with van der Waals surface area (Å²) in [5.41, 5.74) is 11.6. The maximum atomic E-state index is 10.3. The van der Waals surface area contributed by atoms with Crippen molar-refractivity contribution in [2.45, 2.75) is 0 Å². The van der Waals surface area contributed by atoms with Gasteiger partial charge in [0.15, 0.2) is 0 Å². The average Bonchev–Trinajstić information content (AvgIpc) is 3.69. The molecule has 9 rings (SSSR count). The van der Waals surface area contributed by atoms with Crippen LogP contribution < -0.4 is 0 Å². The van der Waals surface area contributed by atoms with Gasteiger partial charge in [0.05, 0.1) is 62.7 Å². The maximum absolute atomic E-state index is 10.3. The number of fused-ring (bicyclic) bond motifs is 6. The van der Waals surface area contributed by atoms with Gasteiger partial charge in [0.2, 0.25) is 0 Å². The molecule has 0 saturated heterocycles. The zero-order valence-corrected chi connectivity index (χ0v) is 26.7. The van der Waals surface area contributed by atoms with Gasteiger partial charge in [-0.15, -0.1) is 0 Å². The number of rotatable bonds is 4. The van der Waals surface area contributed by atoms with Gasteiger partial charge in [0.1, 0.15) is 0 Å². The van der Waals surface area contributed by atoms with E-state index in [1.165, 1.54) is 0 Å². The van der Waals surface area contributed by atoms with Crippen LogP contribution in [0.1, 0.15) is 16.7 Å². The van der Waals surface area contributed by atoms with Crippen molar-refractivity contribution < 1.29 is 0 Å². The molecular formula is C45H25N5. The lowest BCUT2D eigenvalue weighted by atomic mass is 9.92. The topological polar surface area (TPSA) is 81.2 Å². The van der Waals surface area contributed by atoms with Crippen LogP contribution in [0.15, 0.2) is 152 Å². The molecule has 0 saturated carbocycles. The first kappa shape index (κ1) is 28.8. The van der Waals surface area contributed by atoms with E-state index in [2.05, 4.69) is 106 Å². The summed E-state index contributed by atoms with van der Waals surface area (Å²) in [6.45, 7) is 0. The second-order valence-electron chi connectivity index (χ2n) is 12.3. The molecule has 0 aliphatic heterocycles. The number of para-hydroxylation sites is 3. The maximum Gasteiger partial charge on any atom is 0.0992 e. The highest BCUT2D eigenvalue weighted by molar-refractivity contribution is 6.11. The quantitative estimate of drug-likeness (QED) is 0.193. The van der Waals surface area contributed by atoms with E-state index in [0.29, 0.717) is 16.7 Å². The lowest BCUT2D eigenvalue weighted by Crippen LogP contribution is -1.99. The molecule has 0 amide bonds. The molecule has 0 radical (unpaired) electrons. The molecule has 0 aliphatic carbocycles. The Bertz CT molecular complexity index is 2850. The second-order valence-corrected chi connectivity index (χ2v) is 12.3. The van der Waals surface area contributed by atoms with E-state index in [9.17, 15) is 15.8 Å². The zero-order chi connectivity index (χ0) is 33.8. The average molecular weight is 636 g/mol. The third-order valence-electron chi connectivity index (χ3n) is 9.58. The number of nitrogens with zero attached hydrogens (tertiary/aromatic N) is 5. The van der Waals surface area contributed by atoms with Crippen molar-refractivity contribution in [3.8, 4) is 51.8 Å². The smallest absolute Gasteiger partial charge is 0.0992 e. The fraction of sp³-hybridized carbons (Fsp3) is 0. The minimum atomic E-state index is 0.564. The Kier molecular flexibility index (Phi) is 6.56. The predicted octanol–water partition coefficient (Wildman–Crippen LogP) is 10.8. The van der Waals surface area contributed by atoms with Gasteiger partial charge < -0.3 is 9.13 Å². The van der Waals surface area contributed by atoms with E-state index in [-0.39, 0.29) is 0 Å². The third-order valence-corrected chi connectivity index (χ3v) is 9.58. The lowest BCUT2D eigenvalue weighted by Gasteiger charge is -2.18. The first-order valence-corrected chi connectivity index (χ1v) is 16.3. The molecule has 0 aliphatic rings. The number of aromatic nitrogens is 2. The van der Waals surface area contributed by atoms with Gasteiger partial charge in [-0.1, -0.05) is 78.9 Å². The molecule has 9 aromatic rings. The van der Waals surface area contributed by atoms with Gasteiger partial charge in [-0.05, 0) is 89.5 Å². The third kappa shape index (κ3) is 4.38. The Morgan fingerprint density at radius 3 is 1.46 bits per heavy atom. The molecule has 0 fully saturated rings. The van der Waals surface area contributed by atoms with Crippen LogP contribution in [-0.2, 0) is 0 Å². The van der Waals surface area contributed by atoms with Crippen LogP contribution in [-0.4, -0.2) is 9.13 Å². The Morgan fingerprint density at radius 2 is 0.860 bits per heavy atom. The predicted molar refractivity (Wildman–Crippen MR) is 200 cm³/mol. The summed E-state index contributed by atoms with van der Waals surface area (Å²) in [7, 11) is 0. The minimum absolute atomic E-state index is 0.564. The van der Waals surface area contributed by atoms with E-state index in [4.69, 9.17) is 0 Å². The number of hydrogen-bond donors (Lipinski definition) is 0. The van der Waals surface area contributed by atoms with Crippen LogP contribution in [0.25, 0.3) is 77.2 Å². The molecule has 230 valence electrons. The molecule has 2 heterocycles. The largest absolute Gasteiger partial charge is 0.309 e. The van der Waals surface area contributed by atoms with E-state index in [0.717, 1.165) is 77.2 Å². The summed E-state index contributed by atoms with van der Waals surface area (Å²) in [4.78, 5) is 0. The molecule has 7 aromatic carbocycles. The van der Waals surface area contributed by atoms with E-state index in [1.54, 1.807) is 0 Å². The molecule has 0 unspecified atom stereocenters. The van der Waals surface area contributed by atoms with Gasteiger partial charge in [0.25, 0.3) is 0 Å². The second kappa shape index (κ2) is 11.4. The van der Waals surface area contributed by atoms with Crippen molar-refractivity contribution in [3.05, 3.63) is 168 Å². The molecule has 50 heavy (non-hydrogen) atoms. The molecule has 5 nitrogen and oxygen atoms in total. The molecule has 2 aromatic heterocycles. The Morgan fingerprint density at radius 1 is 0.360 bits per heavy atom. The van der Waals surface area contributed by atoms with Crippen LogP contribution in [0, 0.1) is 34.0 Å². The lowest BCUT2D eigenvalue weighted by molar-refractivity contribution is 1.18. The normalized spacial score (nSPS) is 11.1. The van der Waals surface area contributed by atoms with Crippen LogP contribution >= 0.6 is 0 Å². The van der Waals surface area contributed by atoms with Crippen LogP contribution in [0.2, 0.25) is 0 Å². The molecule has 0 atom stereocenters. The summed E-state index contributed by atoms with van der Waals surface area (Å²) in [6, 6.07) is 57.9. The van der Waals surface area contributed by atoms with Gasteiger partial charge >= 0.3 is 0 Å². The highest BCUT2D eigenvalue weighted by Crippen LogP contribution is 2.41. The Balaban J connectivity index is 1.29. The highest BCUT2D eigenvalue weighted by atomic mass is 15.0. The van der Waals surface area contributed by atoms with Crippen molar-refractivity contribution in [2.24, 2.45) is 0 Å². The molecule has 0 N–H and O–H groups in total. The summed E-state index contributed by atoms with van der Waals surface area (Å²) >= 11 is 0. The summed E-state index contributed by atoms with van der Waals surface area (Å²) in [5.74, 6) is 0. The van der Waals surface area contributed by atoms with Crippen molar-refractivity contribution in [1.29, 1.82) is 15.8 Å². The van der Waals surface area contributed by atoms with Crippen LogP contribution in [0.3, 0.4) is 0 Å². The zero-order valence-electron chi connectivity index (χ0n) is 26.7.